The van der Waals surface area contributed by atoms with Crippen LogP contribution in [0.4, 0.5) is 5.69 Å². The van der Waals surface area contributed by atoms with Gasteiger partial charge in [0.05, 0.1) is 0 Å². The first-order valence-corrected chi connectivity index (χ1v) is 9.77. The highest BCUT2D eigenvalue weighted by Crippen LogP contribution is 2.27. The second-order valence-corrected chi connectivity index (χ2v) is 7.36. The summed E-state index contributed by atoms with van der Waals surface area (Å²) in [5.74, 6) is -0.0907. The molecule has 0 radical (unpaired) electrons. The zero-order chi connectivity index (χ0) is 19.8. The Hall–Kier alpha value is -3.08. The number of para-hydroxylation sites is 1. The highest BCUT2D eigenvalue weighted by molar-refractivity contribution is 6.05. The average Bonchev–Trinajstić information content (AvgIpc) is 3.23. The van der Waals surface area contributed by atoms with Crippen LogP contribution >= 0.6 is 0 Å². The lowest BCUT2D eigenvalue weighted by Gasteiger charge is -2.27. The monoisotopic (exact) mass is 375 g/mol. The first kappa shape index (κ1) is 18.3. The summed E-state index contributed by atoms with van der Waals surface area (Å²) in [4.78, 5) is 33.1. The van der Waals surface area contributed by atoms with Crippen molar-refractivity contribution in [1.82, 2.24) is 9.88 Å². The van der Waals surface area contributed by atoms with Crippen LogP contribution in [0, 0.1) is 13.8 Å². The number of aromatic amines is 1. The van der Waals surface area contributed by atoms with Crippen molar-refractivity contribution in [3.05, 3.63) is 65.4 Å². The summed E-state index contributed by atoms with van der Waals surface area (Å²) in [6.07, 6.45) is 0.651. The summed E-state index contributed by atoms with van der Waals surface area (Å²) in [5, 5.41) is 1.06. The standard InChI is InChI=1S/C23H25N3O2/c1-4-25(21-12-13-26(23(21)28)18-8-6-5-7-9-18)22(27)17-10-11-20-19(14-17)15(2)16(3)24-20/h5-11,14,21,24H,4,12-13H2,1-3H3. The van der Waals surface area contributed by atoms with Gasteiger partial charge in [0.2, 0.25) is 5.91 Å². The second kappa shape index (κ2) is 7.15. The lowest BCUT2D eigenvalue weighted by atomic mass is 10.1. The summed E-state index contributed by atoms with van der Waals surface area (Å²) >= 11 is 0. The first-order chi connectivity index (χ1) is 13.5. The van der Waals surface area contributed by atoms with Crippen LogP contribution in [-0.2, 0) is 4.79 Å². The smallest absolute Gasteiger partial charge is 0.254 e. The summed E-state index contributed by atoms with van der Waals surface area (Å²) < 4.78 is 0. The Morgan fingerprint density at radius 2 is 1.93 bits per heavy atom. The fourth-order valence-corrected chi connectivity index (χ4v) is 4.08. The Labute approximate surface area is 165 Å². The largest absolute Gasteiger partial charge is 0.358 e. The molecule has 0 bridgehead atoms. The van der Waals surface area contributed by atoms with Crippen LogP contribution in [0.2, 0.25) is 0 Å². The molecule has 1 atom stereocenters. The molecule has 4 rings (SSSR count). The minimum atomic E-state index is -0.414. The van der Waals surface area contributed by atoms with Crippen molar-refractivity contribution in [3.63, 3.8) is 0 Å². The molecule has 1 saturated heterocycles. The highest BCUT2D eigenvalue weighted by Gasteiger charge is 2.38. The van der Waals surface area contributed by atoms with E-state index in [4.69, 9.17) is 0 Å². The van der Waals surface area contributed by atoms with Crippen LogP contribution in [-0.4, -0.2) is 40.8 Å². The number of nitrogens with zero attached hydrogens (tertiary/aromatic N) is 2. The van der Waals surface area contributed by atoms with Gasteiger partial charge in [0, 0.05) is 40.9 Å². The molecule has 144 valence electrons. The van der Waals surface area contributed by atoms with Gasteiger partial charge in [-0.1, -0.05) is 18.2 Å². The van der Waals surface area contributed by atoms with Crippen molar-refractivity contribution in [2.45, 2.75) is 33.2 Å². The normalized spacial score (nSPS) is 16.8. The van der Waals surface area contributed by atoms with E-state index in [2.05, 4.69) is 11.9 Å². The molecule has 0 spiro atoms. The molecule has 1 aliphatic heterocycles. The summed E-state index contributed by atoms with van der Waals surface area (Å²) in [7, 11) is 0. The predicted molar refractivity (Wildman–Crippen MR) is 112 cm³/mol. The maximum Gasteiger partial charge on any atom is 0.254 e. The Morgan fingerprint density at radius 1 is 1.18 bits per heavy atom. The molecule has 2 amide bonds. The van der Waals surface area contributed by atoms with E-state index in [0.717, 1.165) is 27.8 Å². The number of H-pyrrole nitrogens is 1. The van der Waals surface area contributed by atoms with Gasteiger partial charge in [-0.3, -0.25) is 9.59 Å². The van der Waals surface area contributed by atoms with E-state index < -0.39 is 6.04 Å². The van der Waals surface area contributed by atoms with Crippen LogP contribution < -0.4 is 4.90 Å². The molecule has 28 heavy (non-hydrogen) atoms. The molecule has 3 aromatic rings. The van der Waals surface area contributed by atoms with E-state index in [-0.39, 0.29) is 11.8 Å². The molecule has 1 N–H and O–H groups in total. The van der Waals surface area contributed by atoms with Crippen LogP contribution in [0.1, 0.15) is 35.0 Å². The topological polar surface area (TPSA) is 56.4 Å². The number of carbonyl (C=O) groups excluding carboxylic acids is 2. The summed E-state index contributed by atoms with van der Waals surface area (Å²) in [5.41, 5.74) is 4.80. The number of fused-ring (bicyclic) bond motifs is 1. The van der Waals surface area contributed by atoms with Gasteiger partial charge in [0.25, 0.3) is 5.91 Å². The van der Waals surface area contributed by atoms with Crippen LogP contribution in [0.15, 0.2) is 48.5 Å². The van der Waals surface area contributed by atoms with Gasteiger partial charge in [0.15, 0.2) is 0 Å². The van der Waals surface area contributed by atoms with Crippen molar-refractivity contribution in [2.75, 3.05) is 18.0 Å². The van der Waals surface area contributed by atoms with Crippen molar-refractivity contribution < 1.29 is 9.59 Å². The van der Waals surface area contributed by atoms with E-state index in [0.29, 0.717) is 25.1 Å². The van der Waals surface area contributed by atoms with Gasteiger partial charge >= 0.3 is 0 Å². The van der Waals surface area contributed by atoms with E-state index in [9.17, 15) is 9.59 Å². The number of carbonyl (C=O) groups is 2. The van der Waals surface area contributed by atoms with Crippen LogP contribution in [0.25, 0.3) is 10.9 Å². The lowest BCUT2D eigenvalue weighted by Crippen LogP contribution is -2.45. The Bertz CT molecular complexity index is 1040. The Morgan fingerprint density at radius 3 is 2.64 bits per heavy atom. The number of nitrogens with one attached hydrogen (secondary N) is 1. The van der Waals surface area contributed by atoms with Gasteiger partial charge in [-0.05, 0) is 63.1 Å². The van der Waals surface area contributed by atoms with Gasteiger partial charge in [-0.2, -0.15) is 0 Å². The molecular formula is C23H25N3O2. The lowest BCUT2D eigenvalue weighted by molar-refractivity contribution is -0.120. The Kier molecular flexibility index (Phi) is 4.67. The van der Waals surface area contributed by atoms with Crippen molar-refractivity contribution in [2.24, 2.45) is 0 Å². The SMILES string of the molecule is CCN(C(=O)c1ccc2[nH]c(C)c(C)c2c1)C1CCN(c2ccccc2)C1=O. The molecule has 1 unspecified atom stereocenters. The number of hydrogen-bond acceptors (Lipinski definition) is 2. The van der Waals surface area contributed by atoms with Crippen molar-refractivity contribution >= 4 is 28.4 Å². The number of aryl methyl sites for hydroxylation is 2. The molecule has 1 fully saturated rings. The van der Waals surface area contributed by atoms with Crippen LogP contribution in [0.3, 0.4) is 0 Å². The molecule has 5 nitrogen and oxygen atoms in total. The molecule has 0 aliphatic carbocycles. The number of hydrogen-bond donors (Lipinski definition) is 1. The summed E-state index contributed by atoms with van der Waals surface area (Å²) in [6, 6.07) is 15.0. The summed E-state index contributed by atoms with van der Waals surface area (Å²) in [6.45, 7) is 7.15. The van der Waals surface area contributed by atoms with Crippen LogP contribution in [0.5, 0.6) is 0 Å². The molecule has 1 aromatic heterocycles. The van der Waals surface area contributed by atoms with E-state index in [1.165, 1.54) is 0 Å². The third-order valence-corrected chi connectivity index (χ3v) is 5.78. The highest BCUT2D eigenvalue weighted by atomic mass is 16.2. The molecular weight excluding hydrogens is 350 g/mol. The molecule has 1 aliphatic rings. The number of benzene rings is 2. The van der Waals surface area contributed by atoms with E-state index in [1.54, 1.807) is 9.80 Å². The van der Waals surface area contributed by atoms with Gasteiger partial charge < -0.3 is 14.8 Å². The zero-order valence-corrected chi connectivity index (χ0v) is 16.5. The first-order valence-electron chi connectivity index (χ1n) is 9.77. The number of rotatable bonds is 4. The molecule has 2 aromatic carbocycles. The zero-order valence-electron chi connectivity index (χ0n) is 16.5. The van der Waals surface area contributed by atoms with E-state index >= 15 is 0 Å². The van der Waals surface area contributed by atoms with Crippen molar-refractivity contribution in [1.29, 1.82) is 0 Å². The fraction of sp³-hybridized carbons (Fsp3) is 0.304. The van der Waals surface area contributed by atoms with Gasteiger partial charge in [-0.15, -0.1) is 0 Å². The number of amides is 2. The fourth-order valence-electron chi connectivity index (χ4n) is 4.08. The van der Waals surface area contributed by atoms with Gasteiger partial charge in [-0.25, -0.2) is 0 Å². The van der Waals surface area contributed by atoms with Crippen molar-refractivity contribution in [3.8, 4) is 0 Å². The maximum atomic E-state index is 13.3. The quantitative estimate of drug-likeness (QED) is 0.748. The van der Waals surface area contributed by atoms with E-state index in [1.807, 2.05) is 62.4 Å². The van der Waals surface area contributed by atoms with Gasteiger partial charge in [0.1, 0.15) is 6.04 Å². The minimum absolute atomic E-state index is 0.00357. The second-order valence-electron chi connectivity index (χ2n) is 7.36. The molecule has 5 heteroatoms. The average molecular weight is 375 g/mol. The Balaban J connectivity index is 1.61. The third kappa shape index (κ3) is 2.97. The number of aromatic nitrogens is 1. The minimum Gasteiger partial charge on any atom is -0.358 e. The third-order valence-electron chi connectivity index (χ3n) is 5.78. The predicted octanol–water partition coefficient (Wildman–Crippen LogP) is 4.05. The molecule has 0 saturated carbocycles. The maximum absolute atomic E-state index is 13.3. The number of anilines is 1. The number of likely N-dealkylation sites (N-methyl/N-ethyl adjacent to an activating group) is 1. The molecule has 2 heterocycles.